The number of hydrogen-bond donors (Lipinski definition) is 2. The van der Waals surface area contributed by atoms with Gasteiger partial charge >= 0.3 is 6.03 Å². The highest BCUT2D eigenvalue weighted by atomic mass is 32.1. The molecule has 0 saturated heterocycles. The van der Waals surface area contributed by atoms with Crippen molar-refractivity contribution in [3.8, 4) is 0 Å². The predicted octanol–water partition coefficient (Wildman–Crippen LogP) is 3.44. The Bertz CT molecular complexity index is 634. The smallest absolute Gasteiger partial charge is 0.315 e. The third-order valence-electron chi connectivity index (χ3n) is 3.50. The van der Waals surface area contributed by atoms with Crippen LogP contribution in [0, 0.1) is 0 Å². The van der Waals surface area contributed by atoms with Gasteiger partial charge in [-0.05, 0) is 24.6 Å². The van der Waals surface area contributed by atoms with Gasteiger partial charge in [0.1, 0.15) is 0 Å². The zero-order chi connectivity index (χ0) is 16.9. The molecule has 2 heterocycles. The number of thiazole rings is 1. The van der Waals surface area contributed by atoms with Gasteiger partial charge in [-0.1, -0.05) is 20.8 Å². The van der Waals surface area contributed by atoms with Crippen LogP contribution in [0.1, 0.15) is 50.0 Å². The number of aromatic nitrogens is 2. The maximum atomic E-state index is 11.9. The van der Waals surface area contributed by atoms with Crippen LogP contribution in [0.5, 0.6) is 0 Å². The maximum absolute atomic E-state index is 11.9. The minimum atomic E-state index is -0.165. The Morgan fingerprint density at radius 1 is 1.30 bits per heavy atom. The lowest BCUT2D eigenvalue weighted by atomic mass is 9.93. The van der Waals surface area contributed by atoms with E-state index in [1.807, 2.05) is 19.1 Å². The Labute approximate surface area is 141 Å². The summed E-state index contributed by atoms with van der Waals surface area (Å²) in [4.78, 5) is 20.5. The predicted molar refractivity (Wildman–Crippen MR) is 93.7 cm³/mol. The van der Waals surface area contributed by atoms with Gasteiger partial charge in [0, 0.05) is 36.2 Å². The van der Waals surface area contributed by atoms with Crippen LogP contribution in [0.4, 0.5) is 4.79 Å². The molecule has 0 aromatic carbocycles. The number of carbonyl (C=O) groups is 1. The molecule has 0 fully saturated rings. The van der Waals surface area contributed by atoms with Gasteiger partial charge in [-0.15, -0.1) is 11.3 Å². The first-order valence-corrected chi connectivity index (χ1v) is 8.63. The summed E-state index contributed by atoms with van der Waals surface area (Å²) in [7, 11) is 0. The number of amides is 2. The van der Waals surface area contributed by atoms with Crippen LogP contribution < -0.4 is 10.6 Å². The number of nitrogens with zero attached hydrogens (tertiary/aromatic N) is 2. The second-order valence-electron chi connectivity index (χ2n) is 6.53. The second kappa shape index (κ2) is 7.55. The summed E-state index contributed by atoms with van der Waals surface area (Å²) < 4.78 is 0. The van der Waals surface area contributed by atoms with Crippen LogP contribution in [-0.2, 0) is 11.8 Å². The standard InChI is InChI=1S/C17H24N4OS/c1-12(13-5-8-18-9-6-13)20-16(22)19-10-7-15-21-14(11-23-15)17(2,3)4/h5-6,8-9,11-12H,7,10H2,1-4H3,(H2,19,20,22). The summed E-state index contributed by atoms with van der Waals surface area (Å²) in [5.41, 5.74) is 2.21. The van der Waals surface area contributed by atoms with Gasteiger partial charge in [-0.2, -0.15) is 0 Å². The number of urea groups is 1. The quantitative estimate of drug-likeness (QED) is 0.881. The normalized spacial score (nSPS) is 12.7. The summed E-state index contributed by atoms with van der Waals surface area (Å²) in [6, 6.07) is 3.58. The lowest BCUT2D eigenvalue weighted by Gasteiger charge is -2.15. The molecule has 1 unspecified atom stereocenters. The minimum Gasteiger partial charge on any atom is -0.338 e. The van der Waals surface area contributed by atoms with Gasteiger partial charge in [-0.25, -0.2) is 9.78 Å². The molecular formula is C17H24N4OS. The van der Waals surface area contributed by atoms with Gasteiger partial charge in [0.05, 0.1) is 16.7 Å². The first-order valence-electron chi connectivity index (χ1n) is 7.75. The van der Waals surface area contributed by atoms with E-state index in [0.717, 1.165) is 22.7 Å². The van der Waals surface area contributed by atoms with Crippen LogP contribution in [0.2, 0.25) is 0 Å². The van der Waals surface area contributed by atoms with Gasteiger partial charge in [-0.3, -0.25) is 4.98 Å². The molecule has 5 nitrogen and oxygen atoms in total. The number of rotatable bonds is 5. The number of nitrogens with one attached hydrogen (secondary N) is 2. The van der Waals surface area contributed by atoms with Gasteiger partial charge in [0.2, 0.25) is 0 Å². The van der Waals surface area contributed by atoms with Gasteiger partial charge in [0.25, 0.3) is 0 Å². The van der Waals surface area contributed by atoms with Crippen molar-refractivity contribution in [1.82, 2.24) is 20.6 Å². The average molecular weight is 332 g/mol. The van der Waals surface area contributed by atoms with Crippen molar-refractivity contribution < 1.29 is 4.79 Å². The molecule has 2 rings (SSSR count). The molecule has 1 atom stereocenters. The van der Waals surface area contributed by atoms with E-state index in [0.29, 0.717) is 6.54 Å². The van der Waals surface area contributed by atoms with Gasteiger partial charge in [0.15, 0.2) is 0 Å². The molecule has 23 heavy (non-hydrogen) atoms. The molecule has 6 heteroatoms. The van der Waals surface area contributed by atoms with E-state index in [9.17, 15) is 4.79 Å². The molecule has 0 aliphatic carbocycles. The lowest BCUT2D eigenvalue weighted by molar-refractivity contribution is 0.238. The zero-order valence-electron chi connectivity index (χ0n) is 14.1. The summed E-state index contributed by atoms with van der Waals surface area (Å²) in [6.45, 7) is 8.98. The fourth-order valence-electron chi connectivity index (χ4n) is 2.04. The molecule has 0 spiro atoms. The van der Waals surface area contributed by atoms with Crippen LogP contribution in [0.15, 0.2) is 29.9 Å². The number of hydrogen-bond acceptors (Lipinski definition) is 4. The molecule has 0 bridgehead atoms. The minimum absolute atomic E-state index is 0.0506. The van der Waals surface area contributed by atoms with Gasteiger partial charge < -0.3 is 10.6 Å². The van der Waals surface area contributed by atoms with Crippen LogP contribution in [0.25, 0.3) is 0 Å². The molecule has 2 N–H and O–H groups in total. The molecule has 2 aromatic rings. The Morgan fingerprint density at radius 2 is 2.00 bits per heavy atom. The number of carbonyl (C=O) groups excluding carboxylic acids is 1. The van der Waals surface area contributed by atoms with Crippen LogP contribution in [-0.4, -0.2) is 22.5 Å². The van der Waals surface area contributed by atoms with Crippen molar-refractivity contribution in [2.75, 3.05) is 6.54 Å². The highest BCUT2D eigenvalue weighted by Gasteiger charge is 2.17. The van der Waals surface area contributed by atoms with E-state index in [2.05, 4.69) is 46.8 Å². The zero-order valence-corrected chi connectivity index (χ0v) is 14.9. The highest BCUT2D eigenvalue weighted by Crippen LogP contribution is 2.23. The van der Waals surface area contributed by atoms with E-state index in [1.165, 1.54) is 0 Å². The summed E-state index contributed by atoms with van der Waals surface area (Å²) in [5.74, 6) is 0. The van der Waals surface area contributed by atoms with Crippen LogP contribution in [0.3, 0.4) is 0 Å². The third-order valence-corrected chi connectivity index (χ3v) is 4.41. The molecule has 0 aliphatic rings. The molecule has 0 radical (unpaired) electrons. The summed E-state index contributed by atoms with van der Waals surface area (Å²) >= 11 is 1.65. The maximum Gasteiger partial charge on any atom is 0.315 e. The van der Waals surface area contributed by atoms with Crippen molar-refractivity contribution in [2.24, 2.45) is 0 Å². The number of pyridine rings is 1. The van der Waals surface area contributed by atoms with E-state index in [4.69, 9.17) is 0 Å². The van der Waals surface area contributed by atoms with E-state index in [1.54, 1.807) is 23.7 Å². The molecule has 2 aromatic heterocycles. The Hall–Kier alpha value is -1.95. The van der Waals surface area contributed by atoms with Crippen molar-refractivity contribution in [1.29, 1.82) is 0 Å². The molecule has 124 valence electrons. The molecule has 2 amide bonds. The lowest BCUT2D eigenvalue weighted by Crippen LogP contribution is -2.38. The van der Waals surface area contributed by atoms with Crippen molar-refractivity contribution in [2.45, 2.75) is 45.6 Å². The van der Waals surface area contributed by atoms with E-state index in [-0.39, 0.29) is 17.5 Å². The summed E-state index contributed by atoms with van der Waals surface area (Å²) in [5, 5.41) is 8.95. The molecular weight excluding hydrogens is 308 g/mol. The van der Waals surface area contributed by atoms with E-state index < -0.39 is 0 Å². The Kier molecular flexibility index (Phi) is 5.71. The first kappa shape index (κ1) is 17.4. The highest BCUT2D eigenvalue weighted by molar-refractivity contribution is 7.09. The Balaban J connectivity index is 1.76. The molecule has 0 aliphatic heterocycles. The van der Waals surface area contributed by atoms with Crippen LogP contribution >= 0.6 is 11.3 Å². The Morgan fingerprint density at radius 3 is 2.61 bits per heavy atom. The fraction of sp³-hybridized carbons (Fsp3) is 0.471. The largest absolute Gasteiger partial charge is 0.338 e. The van der Waals surface area contributed by atoms with Crippen molar-refractivity contribution in [3.63, 3.8) is 0 Å². The van der Waals surface area contributed by atoms with Crippen molar-refractivity contribution in [3.05, 3.63) is 46.2 Å². The van der Waals surface area contributed by atoms with E-state index >= 15 is 0 Å². The second-order valence-corrected chi connectivity index (χ2v) is 7.47. The monoisotopic (exact) mass is 332 g/mol. The SMILES string of the molecule is CC(NC(=O)NCCc1nc(C(C)(C)C)cs1)c1ccncc1. The summed E-state index contributed by atoms with van der Waals surface area (Å²) in [6.07, 6.45) is 4.19. The fourth-order valence-corrected chi connectivity index (χ4v) is 3.06. The van der Waals surface area contributed by atoms with Crippen molar-refractivity contribution >= 4 is 17.4 Å². The molecule has 0 saturated carbocycles. The average Bonchev–Trinajstić information content (AvgIpc) is 2.97. The first-order chi connectivity index (χ1) is 10.9. The topological polar surface area (TPSA) is 66.9 Å². The third kappa shape index (κ3) is 5.32.